The molecule has 0 aliphatic heterocycles. The van der Waals surface area contributed by atoms with Crippen LogP contribution in [0.2, 0.25) is 5.02 Å². The second-order valence-corrected chi connectivity index (χ2v) is 3.47. The predicted octanol–water partition coefficient (Wildman–Crippen LogP) is 0.759. The molecule has 0 fully saturated rings. The summed E-state index contributed by atoms with van der Waals surface area (Å²) in [5, 5.41) is 20.7. The van der Waals surface area contributed by atoms with Crippen molar-refractivity contribution in [2.24, 2.45) is 10.7 Å². The lowest BCUT2D eigenvalue weighted by Crippen LogP contribution is -2.28. The van der Waals surface area contributed by atoms with Crippen LogP contribution in [0.15, 0.2) is 29.3 Å². The molecule has 1 atom stereocenters. The Bertz CT molecular complexity index is 410. The van der Waals surface area contributed by atoms with Gasteiger partial charge in [0.15, 0.2) is 6.19 Å². The fourth-order valence-corrected chi connectivity index (χ4v) is 1.20. The molecule has 0 aliphatic rings. The normalized spacial score (nSPS) is 12.9. The molecule has 16 heavy (non-hydrogen) atoms. The molecule has 0 bridgehead atoms. The van der Waals surface area contributed by atoms with Gasteiger partial charge < -0.3 is 10.8 Å². The van der Waals surface area contributed by atoms with Crippen molar-refractivity contribution >= 4 is 17.6 Å². The lowest BCUT2D eigenvalue weighted by molar-refractivity contribution is 0.187. The number of hydrogen-bond donors (Lipinski definition) is 3. The first kappa shape index (κ1) is 12.3. The van der Waals surface area contributed by atoms with E-state index in [4.69, 9.17) is 22.6 Å². The van der Waals surface area contributed by atoms with Gasteiger partial charge in [-0.1, -0.05) is 23.7 Å². The summed E-state index contributed by atoms with van der Waals surface area (Å²) >= 11 is 5.71. The Morgan fingerprint density at radius 1 is 1.56 bits per heavy atom. The van der Waals surface area contributed by atoms with Crippen LogP contribution < -0.4 is 11.1 Å². The zero-order valence-corrected chi connectivity index (χ0v) is 9.15. The smallest absolute Gasteiger partial charge is 0.202 e. The number of aliphatic hydroxyl groups is 1. The van der Waals surface area contributed by atoms with Gasteiger partial charge in [-0.25, -0.2) is 4.99 Å². The molecule has 0 saturated carbocycles. The Morgan fingerprint density at radius 3 is 2.75 bits per heavy atom. The van der Waals surface area contributed by atoms with Crippen molar-refractivity contribution in [3.8, 4) is 6.19 Å². The van der Waals surface area contributed by atoms with Crippen molar-refractivity contribution in [3.05, 3.63) is 34.9 Å². The monoisotopic (exact) mass is 238 g/mol. The Balaban J connectivity index is 2.59. The maximum atomic E-state index is 9.71. The van der Waals surface area contributed by atoms with Crippen molar-refractivity contribution in [2.75, 3.05) is 6.54 Å². The van der Waals surface area contributed by atoms with Crippen LogP contribution in [0.1, 0.15) is 11.7 Å². The third-order valence-corrected chi connectivity index (χ3v) is 2.13. The zero-order chi connectivity index (χ0) is 12.0. The number of aliphatic imine (C=N–C) groups is 1. The number of rotatable bonds is 3. The summed E-state index contributed by atoms with van der Waals surface area (Å²) in [6.45, 7) is 0.0855. The number of halogens is 1. The van der Waals surface area contributed by atoms with Crippen LogP contribution in [-0.2, 0) is 0 Å². The minimum Gasteiger partial charge on any atom is -0.386 e. The van der Waals surface area contributed by atoms with Crippen LogP contribution in [0, 0.1) is 11.5 Å². The summed E-state index contributed by atoms with van der Waals surface area (Å²) in [5.74, 6) is -0.0180. The highest BCUT2D eigenvalue weighted by atomic mass is 35.5. The Labute approximate surface area is 98.2 Å². The molecule has 0 radical (unpaired) electrons. The second-order valence-electron chi connectivity index (χ2n) is 3.03. The molecule has 1 rings (SSSR count). The van der Waals surface area contributed by atoms with Gasteiger partial charge in [0.05, 0.1) is 12.6 Å². The molecule has 5 nitrogen and oxygen atoms in total. The SMILES string of the molecule is N#CNC(N)=NCC(O)c1ccc(Cl)cc1. The van der Waals surface area contributed by atoms with Crippen LogP contribution in [-0.4, -0.2) is 17.6 Å². The van der Waals surface area contributed by atoms with Crippen LogP contribution in [0.3, 0.4) is 0 Å². The fraction of sp³-hybridized carbons (Fsp3) is 0.200. The van der Waals surface area contributed by atoms with Crippen molar-refractivity contribution in [1.29, 1.82) is 5.26 Å². The number of guanidine groups is 1. The van der Waals surface area contributed by atoms with Crippen molar-refractivity contribution in [1.82, 2.24) is 5.32 Å². The number of nitrogens with zero attached hydrogens (tertiary/aromatic N) is 2. The molecule has 1 aromatic carbocycles. The minimum atomic E-state index is -0.767. The lowest BCUT2D eigenvalue weighted by atomic mass is 10.1. The number of nitrogens with one attached hydrogen (secondary N) is 1. The summed E-state index contributed by atoms with van der Waals surface area (Å²) in [7, 11) is 0. The minimum absolute atomic E-state index is 0.0180. The van der Waals surface area contributed by atoms with Gasteiger partial charge in [-0.3, -0.25) is 5.32 Å². The van der Waals surface area contributed by atoms with E-state index in [2.05, 4.69) is 10.3 Å². The van der Waals surface area contributed by atoms with Gasteiger partial charge >= 0.3 is 0 Å². The Hall–Kier alpha value is -1.77. The fourth-order valence-electron chi connectivity index (χ4n) is 1.07. The van der Waals surface area contributed by atoms with Gasteiger partial charge in [0.1, 0.15) is 0 Å². The summed E-state index contributed by atoms with van der Waals surface area (Å²) in [4.78, 5) is 3.79. The molecule has 0 saturated heterocycles. The third-order valence-electron chi connectivity index (χ3n) is 1.87. The molecule has 84 valence electrons. The van der Waals surface area contributed by atoms with Gasteiger partial charge in [0, 0.05) is 5.02 Å². The number of nitrogens with two attached hydrogens (primary N) is 1. The molecule has 0 spiro atoms. The standard InChI is InChI=1S/C10H11ClN4O/c11-8-3-1-7(2-4-8)9(16)5-14-10(13)15-6-12/h1-4,9,16H,5H2,(H3,13,14,15). The van der Waals surface area contributed by atoms with E-state index in [1.165, 1.54) is 0 Å². The van der Waals surface area contributed by atoms with Gasteiger partial charge in [-0.05, 0) is 17.7 Å². The lowest BCUT2D eigenvalue weighted by Gasteiger charge is -2.08. The maximum absolute atomic E-state index is 9.71. The maximum Gasteiger partial charge on any atom is 0.202 e. The first-order valence-corrected chi connectivity index (χ1v) is 4.90. The van der Waals surface area contributed by atoms with E-state index in [9.17, 15) is 5.11 Å². The Kier molecular flexibility index (Phi) is 4.58. The third kappa shape index (κ3) is 3.77. The Morgan fingerprint density at radius 2 is 2.19 bits per heavy atom. The number of hydrogen-bond acceptors (Lipinski definition) is 3. The van der Waals surface area contributed by atoms with E-state index in [0.29, 0.717) is 10.6 Å². The second kappa shape index (κ2) is 5.95. The highest BCUT2D eigenvalue weighted by Crippen LogP contribution is 2.16. The van der Waals surface area contributed by atoms with Crippen LogP contribution in [0.4, 0.5) is 0 Å². The molecule has 1 unspecified atom stereocenters. The van der Waals surface area contributed by atoms with Gasteiger partial charge in [-0.2, -0.15) is 5.26 Å². The topological polar surface area (TPSA) is 94.4 Å². The van der Waals surface area contributed by atoms with Crippen LogP contribution >= 0.6 is 11.6 Å². The van der Waals surface area contributed by atoms with Gasteiger partial charge in [0.25, 0.3) is 0 Å². The number of aliphatic hydroxyl groups excluding tert-OH is 1. The highest BCUT2D eigenvalue weighted by molar-refractivity contribution is 6.30. The zero-order valence-electron chi connectivity index (χ0n) is 8.39. The summed E-state index contributed by atoms with van der Waals surface area (Å²) in [6, 6.07) is 6.77. The van der Waals surface area contributed by atoms with E-state index in [0.717, 1.165) is 0 Å². The highest BCUT2D eigenvalue weighted by Gasteiger charge is 2.06. The average molecular weight is 239 g/mol. The van der Waals surface area contributed by atoms with E-state index in [1.807, 2.05) is 0 Å². The summed E-state index contributed by atoms with van der Waals surface area (Å²) < 4.78 is 0. The molecule has 0 aromatic heterocycles. The summed E-state index contributed by atoms with van der Waals surface area (Å²) in [6.07, 6.45) is 0.866. The molecular weight excluding hydrogens is 228 g/mol. The molecule has 0 heterocycles. The molecule has 4 N–H and O–H groups in total. The molecule has 0 aliphatic carbocycles. The molecule has 6 heteroatoms. The van der Waals surface area contributed by atoms with Crippen molar-refractivity contribution in [2.45, 2.75) is 6.10 Å². The largest absolute Gasteiger partial charge is 0.386 e. The van der Waals surface area contributed by atoms with E-state index < -0.39 is 6.10 Å². The number of benzene rings is 1. The van der Waals surface area contributed by atoms with Gasteiger partial charge in [-0.15, -0.1) is 0 Å². The first-order chi connectivity index (χ1) is 7.63. The van der Waals surface area contributed by atoms with E-state index >= 15 is 0 Å². The van der Waals surface area contributed by atoms with Crippen molar-refractivity contribution < 1.29 is 5.11 Å². The van der Waals surface area contributed by atoms with E-state index in [-0.39, 0.29) is 12.5 Å². The van der Waals surface area contributed by atoms with Crippen LogP contribution in [0.25, 0.3) is 0 Å². The predicted molar refractivity (Wildman–Crippen MR) is 61.6 cm³/mol. The number of nitriles is 1. The van der Waals surface area contributed by atoms with Crippen molar-refractivity contribution in [3.63, 3.8) is 0 Å². The molecular formula is C10H11ClN4O. The van der Waals surface area contributed by atoms with Gasteiger partial charge in [0.2, 0.25) is 5.96 Å². The van der Waals surface area contributed by atoms with E-state index in [1.54, 1.807) is 30.5 Å². The molecule has 0 amide bonds. The summed E-state index contributed by atoms with van der Waals surface area (Å²) in [5.41, 5.74) is 6.01. The van der Waals surface area contributed by atoms with Crippen LogP contribution in [0.5, 0.6) is 0 Å². The first-order valence-electron chi connectivity index (χ1n) is 4.52. The average Bonchev–Trinajstić information content (AvgIpc) is 2.27. The quantitative estimate of drug-likeness (QED) is 0.314. The molecule has 1 aromatic rings.